The highest BCUT2D eigenvalue weighted by atomic mass is 19.1. The van der Waals surface area contributed by atoms with E-state index < -0.39 is 23.0 Å². The second kappa shape index (κ2) is 4.87. The second-order valence-electron chi connectivity index (χ2n) is 5.26. The third-order valence-corrected chi connectivity index (χ3v) is 3.87. The average Bonchev–Trinajstić information content (AvgIpc) is 2.80. The van der Waals surface area contributed by atoms with E-state index in [1.165, 1.54) is 4.68 Å². The zero-order chi connectivity index (χ0) is 15.0. The van der Waals surface area contributed by atoms with E-state index in [1.807, 2.05) is 0 Å². The first-order chi connectivity index (χ1) is 10.00. The lowest BCUT2D eigenvalue weighted by Gasteiger charge is -2.37. The maximum absolute atomic E-state index is 13.3. The minimum atomic E-state index is -0.902. The number of nitrogens with zero attached hydrogens (tertiary/aromatic N) is 4. The molecule has 1 aromatic heterocycles. The number of hydrogen-bond acceptors (Lipinski definition) is 4. The second-order valence-corrected chi connectivity index (χ2v) is 5.26. The highest BCUT2D eigenvalue weighted by Gasteiger charge is 2.45. The lowest BCUT2D eigenvalue weighted by molar-refractivity contribution is -0.156. The smallest absolute Gasteiger partial charge is 0.311 e. The van der Waals surface area contributed by atoms with Crippen LogP contribution in [-0.2, 0) is 11.3 Å². The van der Waals surface area contributed by atoms with Crippen LogP contribution < -0.4 is 0 Å². The standard InChI is InChI=1S/C13H12F2N4O2/c14-9-4-8(5-10(15)6-9)11-16-17-18-19(11)7-13(12(20)21)2-1-3-13/h4-6H,1-3,7H2,(H,20,21). The van der Waals surface area contributed by atoms with Crippen molar-refractivity contribution in [1.82, 2.24) is 20.2 Å². The van der Waals surface area contributed by atoms with Gasteiger partial charge in [0.2, 0.25) is 0 Å². The lowest BCUT2D eigenvalue weighted by atomic mass is 9.69. The van der Waals surface area contributed by atoms with E-state index in [1.54, 1.807) is 0 Å². The highest BCUT2D eigenvalue weighted by molar-refractivity contribution is 5.75. The zero-order valence-electron chi connectivity index (χ0n) is 11.0. The van der Waals surface area contributed by atoms with Crippen molar-refractivity contribution in [2.75, 3.05) is 0 Å². The Labute approximate surface area is 118 Å². The number of aliphatic carboxylic acids is 1. The maximum Gasteiger partial charge on any atom is 0.311 e. The van der Waals surface area contributed by atoms with Crippen LogP contribution in [0.3, 0.4) is 0 Å². The molecule has 110 valence electrons. The number of carboxylic acids is 1. The summed E-state index contributed by atoms with van der Waals surface area (Å²) in [6.07, 6.45) is 1.91. The van der Waals surface area contributed by atoms with Crippen molar-refractivity contribution in [3.63, 3.8) is 0 Å². The van der Waals surface area contributed by atoms with Crippen molar-refractivity contribution in [1.29, 1.82) is 0 Å². The minimum Gasteiger partial charge on any atom is -0.481 e. The number of aromatic nitrogens is 4. The van der Waals surface area contributed by atoms with Gasteiger partial charge in [0.15, 0.2) is 5.82 Å². The van der Waals surface area contributed by atoms with Gasteiger partial charge in [-0.05, 0) is 35.4 Å². The molecule has 0 bridgehead atoms. The first-order valence-electron chi connectivity index (χ1n) is 6.46. The third-order valence-electron chi connectivity index (χ3n) is 3.87. The predicted molar refractivity (Wildman–Crippen MR) is 67.1 cm³/mol. The molecule has 8 heteroatoms. The Kier molecular flexibility index (Phi) is 3.15. The summed E-state index contributed by atoms with van der Waals surface area (Å²) in [4.78, 5) is 11.4. The molecule has 1 N–H and O–H groups in total. The van der Waals surface area contributed by atoms with E-state index in [4.69, 9.17) is 0 Å². The highest BCUT2D eigenvalue weighted by Crippen LogP contribution is 2.43. The quantitative estimate of drug-likeness (QED) is 0.931. The van der Waals surface area contributed by atoms with E-state index in [9.17, 15) is 18.7 Å². The van der Waals surface area contributed by atoms with Gasteiger partial charge in [-0.15, -0.1) is 5.10 Å². The van der Waals surface area contributed by atoms with Gasteiger partial charge in [-0.25, -0.2) is 13.5 Å². The summed E-state index contributed by atoms with van der Waals surface area (Å²) < 4.78 is 27.9. The van der Waals surface area contributed by atoms with Gasteiger partial charge in [0.25, 0.3) is 0 Å². The van der Waals surface area contributed by atoms with Crippen molar-refractivity contribution < 1.29 is 18.7 Å². The van der Waals surface area contributed by atoms with Gasteiger partial charge >= 0.3 is 5.97 Å². The lowest BCUT2D eigenvalue weighted by Crippen LogP contribution is -2.42. The molecule has 0 radical (unpaired) electrons. The fourth-order valence-electron chi connectivity index (χ4n) is 2.53. The van der Waals surface area contributed by atoms with Crippen LogP contribution in [-0.4, -0.2) is 31.3 Å². The number of halogens is 2. The SMILES string of the molecule is O=C(O)C1(Cn2nnnc2-c2cc(F)cc(F)c2)CCC1. The Morgan fingerprint density at radius 2 is 1.95 bits per heavy atom. The van der Waals surface area contributed by atoms with E-state index in [0.29, 0.717) is 12.8 Å². The summed E-state index contributed by atoms with van der Waals surface area (Å²) in [7, 11) is 0. The largest absolute Gasteiger partial charge is 0.481 e. The molecular formula is C13H12F2N4O2. The molecule has 0 spiro atoms. The Balaban J connectivity index is 1.96. The minimum absolute atomic E-state index is 0.0861. The Morgan fingerprint density at radius 1 is 1.29 bits per heavy atom. The van der Waals surface area contributed by atoms with Crippen LogP contribution in [0.2, 0.25) is 0 Å². The van der Waals surface area contributed by atoms with Gasteiger partial charge in [-0.3, -0.25) is 4.79 Å². The summed E-state index contributed by atoms with van der Waals surface area (Å²) >= 11 is 0. The summed E-state index contributed by atoms with van der Waals surface area (Å²) in [6.45, 7) is 0.0861. The van der Waals surface area contributed by atoms with Crippen molar-refractivity contribution in [2.24, 2.45) is 5.41 Å². The van der Waals surface area contributed by atoms with E-state index in [2.05, 4.69) is 15.5 Å². The van der Waals surface area contributed by atoms with Gasteiger partial charge < -0.3 is 5.11 Å². The summed E-state index contributed by atoms with van der Waals surface area (Å²) in [6, 6.07) is 2.97. The molecule has 2 aromatic rings. The van der Waals surface area contributed by atoms with Gasteiger partial charge in [-0.1, -0.05) is 6.42 Å². The van der Waals surface area contributed by atoms with Crippen LogP contribution in [0.15, 0.2) is 18.2 Å². The maximum atomic E-state index is 13.3. The Morgan fingerprint density at radius 3 is 2.48 bits per heavy atom. The molecule has 1 aromatic carbocycles. The fraction of sp³-hybridized carbons (Fsp3) is 0.385. The molecule has 1 heterocycles. The topological polar surface area (TPSA) is 80.9 Å². The van der Waals surface area contributed by atoms with Crippen LogP contribution in [0.5, 0.6) is 0 Å². The van der Waals surface area contributed by atoms with Gasteiger partial charge in [0.1, 0.15) is 11.6 Å². The first-order valence-corrected chi connectivity index (χ1v) is 6.46. The zero-order valence-corrected chi connectivity index (χ0v) is 11.0. The molecule has 1 fully saturated rings. The summed E-state index contributed by atoms with van der Waals surface area (Å²) in [5, 5.41) is 20.3. The van der Waals surface area contributed by atoms with Crippen LogP contribution in [0.25, 0.3) is 11.4 Å². The van der Waals surface area contributed by atoms with Crippen molar-refractivity contribution >= 4 is 5.97 Å². The molecule has 1 aliphatic carbocycles. The molecule has 1 aliphatic rings. The number of carbonyl (C=O) groups is 1. The normalized spacial score (nSPS) is 16.5. The number of carboxylic acid groups (broad SMARTS) is 1. The third kappa shape index (κ3) is 2.37. The molecule has 0 saturated heterocycles. The summed E-state index contributed by atoms with van der Waals surface area (Å²) in [5.74, 6) is -2.23. The number of benzene rings is 1. The average molecular weight is 294 g/mol. The van der Waals surface area contributed by atoms with E-state index in [-0.39, 0.29) is 17.9 Å². The van der Waals surface area contributed by atoms with Crippen molar-refractivity contribution in [3.05, 3.63) is 29.8 Å². The van der Waals surface area contributed by atoms with Crippen LogP contribution in [0.4, 0.5) is 8.78 Å². The molecule has 0 unspecified atom stereocenters. The molecule has 1 saturated carbocycles. The van der Waals surface area contributed by atoms with Crippen molar-refractivity contribution in [2.45, 2.75) is 25.8 Å². The molecule has 6 nitrogen and oxygen atoms in total. The van der Waals surface area contributed by atoms with Gasteiger partial charge in [0.05, 0.1) is 12.0 Å². The van der Waals surface area contributed by atoms with Gasteiger partial charge in [0, 0.05) is 11.6 Å². The number of rotatable bonds is 4. The summed E-state index contributed by atoms with van der Waals surface area (Å²) in [5.41, 5.74) is -0.715. The predicted octanol–water partition coefficient (Wildman–Crippen LogP) is 1.87. The Hall–Kier alpha value is -2.38. The van der Waals surface area contributed by atoms with Crippen LogP contribution in [0, 0.1) is 17.0 Å². The van der Waals surface area contributed by atoms with E-state index >= 15 is 0 Å². The molecule has 0 aliphatic heterocycles. The number of tetrazole rings is 1. The van der Waals surface area contributed by atoms with E-state index in [0.717, 1.165) is 24.6 Å². The monoisotopic (exact) mass is 294 g/mol. The molecule has 0 atom stereocenters. The molecular weight excluding hydrogens is 282 g/mol. The molecule has 21 heavy (non-hydrogen) atoms. The Bertz CT molecular complexity index is 677. The van der Waals surface area contributed by atoms with Crippen molar-refractivity contribution in [3.8, 4) is 11.4 Å². The van der Waals surface area contributed by atoms with Gasteiger partial charge in [-0.2, -0.15) is 0 Å². The molecule has 0 amide bonds. The molecule has 3 rings (SSSR count). The van der Waals surface area contributed by atoms with Crippen LogP contribution in [0.1, 0.15) is 19.3 Å². The van der Waals surface area contributed by atoms with Crippen LogP contribution >= 0.6 is 0 Å². The fourth-order valence-corrected chi connectivity index (χ4v) is 2.53. The number of hydrogen-bond donors (Lipinski definition) is 1. The first kappa shape index (κ1) is 13.6.